The van der Waals surface area contributed by atoms with Gasteiger partial charge in [0, 0.05) is 17.5 Å². The van der Waals surface area contributed by atoms with E-state index in [-0.39, 0.29) is 0 Å². The van der Waals surface area contributed by atoms with Gasteiger partial charge in [0.15, 0.2) is 11.5 Å². The molecule has 0 bridgehead atoms. The van der Waals surface area contributed by atoms with Crippen LogP contribution in [0, 0.1) is 6.92 Å². The van der Waals surface area contributed by atoms with Crippen LogP contribution in [0.15, 0.2) is 54.6 Å². The lowest BCUT2D eigenvalue weighted by Crippen LogP contribution is -2.06. The molecule has 2 aromatic carbocycles. The van der Waals surface area contributed by atoms with Gasteiger partial charge >= 0.3 is 0 Å². The Labute approximate surface area is 160 Å². The fourth-order valence-corrected chi connectivity index (χ4v) is 2.86. The molecule has 0 saturated carbocycles. The number of methoxy groups -OCH3 is 1. The molecule has 27 heavy (non-hydrogen) atoms. The van der Waals surface area contributed by atoms with Crippen LogP contribution in [0.25, 0.3) is 17.0 Å². The highest BCUT2D eigenvalue weighted by molar-refractivity contribution is 5.84. The first-order valence-corrected chi connectivity index (χ1v) is 9.14. The molecule has 4 nitrogen and oxygen atoms in total. The number of fused-ring (bicyclic) bond motifs is 1. The van der Waals surface area contributed by atoms with Gasteiger partial charge in [-0.25, -0.2) is 4.98 Å². The third-order valence-electron chi connectivity index (χ3n) is 4.17. The summed E-state index contributed by atoms with van der Waals surface area (Å²) < 4.78 is 17.2. The summed E-state index contributed by atoms with van der Waals surface area (Å²) in [6.07, 6.45) is 4.79. The van der Waals surface area contributed by atoms with Gasteiger partial charge < -0.3 is 14.2 Å². The standard InChI is InChI=1S/C23H25NO3/c1-4-7-18-11-13-20(22(16-18)25-3)26-14-6-15-27-21-9-5-8-19-12-10-17(2)24-23(19)21/h4-5,7-13,16H,6,14-15H2,1-3H3/b7-4+. The van der Waals surface area contributed by atoms with Crippen LogP contribution in [-0.2, 0) is 0 Å². The highest BCUT2D eigenvalue weighted by atomic mass is 16.5. The molecule has 3 aromatic rings. The zero-order chi connectivity index (χ0) is 19.1. The van der Waals surface area contributed by atoms with E-state index >= 15 is 0 Å². The topological polar surface area (TPSA) is 40.6 Å². The number of benzene rings is 2. The van der Waals surface area contributed by atoms with Crippen molar-refractivity contribution in [2.45, 2.75) is 20.3 Å². The van der Waals surface area contributed by atoms with Crippen molar-refractivity contribution in [3.05, 3.63) is 65.9 Å². The summed E-state index contributed by atoms with van der Waals surface area (Å²) in [5.41, 5.74) is 2.97. The lowest BCUT2D eigenvalue weighted by atomic mass is 10.2. The minimum absolute atomic E-state index is 0.552. The summed E-state index contributed by atoms with van der Waals surface area (Å²) in [5, 5.41) is 1.08. The number of aryl methyl sites for hydroxylation is 1. The van der Waals surface area contributed by atoms with Crippen molar-refractivity contribution >= 4 is 17.0 Å². The summed E-state index contributed by atoms with van der Waals surface area (Å²) in [7, 11) is 1.65. The molecule has 1 heterocycles. The molecule has 0 radical (unpaired) electrons. The van der Waals surface area contributed by atoms with Gasteiger partial charge in [0.1, 0.15) is 11.3 Å². The van der Waals surface area contributed by atoms with Gasteiger partial charge in [-0.05, 0) is 43.7 Å². The van der Waals surface area contributed by atoms with Crippen molar-refractivity contribution in [3.8, 4) is 17.2 Å². The van der Waals surface area contributed by atoms with E-state index in [2.05, 4.69) is 11.1 Å². The smallest absolute Gasteiger partial charge is 0.161 e. The Bertz CT molecular complexity index is 934. The van der Waals surface area contributed by atoms with Crippen LogP contribution in [0.2, 0.25) is 0 Å². The molecular weight excluding hydrogens is 338 g/mol. The maximum atomic E-state index is 5.94. The Morgan fingerprint density at radius 1 is 0.926 bits per heavy atom. The molecule has 0 spiro atoms. The first-order chi connectivity index (χ1) is 13.2. The van der Waals surface area contributed by atoms with Crippen LogP contribution < -0.4 is 14.2 Å². The summed E-state index contributed by atoms with van der Waals surface area (Å²) in [6.45, 7) is 5.09. The lowest BCUT2D eigenvalue weighted by molar-refractivity contribution is 0.241. The maximum absolute atomic E-state index is 5.94. The largest absolute Gasteiger partial charge is 0.493 e. The molecule has 0 aliphatic rings. The molecule has 0 saturated heterocycles. The number of hydrogen-bond donors (Lipinski definition) is 0. The van der Waals surface area contributed by atoms with E-state index in [1.807, 2.05) is 68.5 Å². The summed E-state index contributed by atoms with van der Waals surface area (Å²) in [5.74, 6) is 2.29. The highest BCUT2D eigenvalue weighted by Gasteiger charge is 2.06. The van der Waals surface area contributed by atoms with Crippen molar-refractivity contribution in [3.63, 3.8) is 0 Å². The van der Waals surface area contributed by atoms with Gasteiger partial charge in [-0.1, -0.05) is 36.4 Å². The van der Waals surface area contributed by atoms with E-state index in [1.54, 1.807) is 7.11 Å². The molecule has 0 N–H and O–H groups in total. The van der Waals surface area contributed by atoms with E-state index in [0.717, 1.165) is 45.8 Å². The van der Waals surface area contributed by atoms with Crippen LogP contribution in [0.4, 0.5) is 0 Å². The van der Waals surface area contributed by atoms with Gasteiger partial charge in [0.25, 0.3) is 0 Å². The Kier molecular flexibility index (Phi) is 6.31. The fourth-order valence-electron chi connectivity index (χ4n) is 2.86. The predicted octanol–water partition coefficient (Wildman–Crippen LogP) is 5.43. The van der Waals surface area contributed by atoms with Gasteiger partial charge in [0.2, 0.25) is 0 Å². The van der Waals surface area contributed by atoms with E-state index in [1.165, 1.54) is 0 Å². The number of aromatic nitrogens is 1. The average Bonchev–Trinajstić information content (AvgIpc) is 2.69. The second-order valence-electron chi connectivity index (χ2n) is 6.24. The third kappa shape index (κ3) is 4.79. The highest BCUT2D eigenvalue weighted by Crippen LogP contribution is 2.29. The fraction of sp³-hybridized carbons (Fsp3) is 0.261. The van der Waals surface area contributed by atoms with Crippen LogP contribution in [0.3, 0.4) is 0 Å². The number of nitrogens with zero attached hydrogens (tertiary/aromatic N) is 1. The molecule has 0 aliphatic heterocycles. The Morgan fingerprint density at radius 3 is 2.52 bits per heavy atom. The minimum Gasteiger partial charge on any atom is -0.493 e. The number of para-hydroxylation sites is 1. The molecule has 4 heteroatoms. The predicted molar refractivity (Wildman–Crippen MR) is 110 cm³/mol. The van der Waals surface area contributed by atoms with Gasteiger partial charge in [-0.15, -0.1) is 0 Å². The van der Waals surface area contributed by atoms with Crippen molar-refractivity contribution < 1.29 is 14.2 Å². The molecule has 0 aliphatic carbocycles. The normalized spacial score (nSPS) is 11.1. The zero-order valence-electron chi connectivity index (χ0n) is 16.1. The second kappa shape index (κ2) is 9.08. The molecular formula is C23H25NO3. The quantitative estimate of drug-likeness (QED) is 0.500. The van der Waals surface area contributed by atoms with Crippen molar-refractivity contribution in [2.24, 2.45) is 0 Å². The number of ether oxygens (including phenoxy) is 3. The maximum Gasteiger partial charge on any atom is 0.161 e. The number of hydrogen-bond acceptors (Lipinski definition) is 4. The van der Waals surface area contributed by atoms with Gasteiger partial charge in [-0.2, -0.15) is 0 Å². The summed E-state index contributed by atoms with van der Waals surface area (Å²) >= 11 is 0. The van der Waals surface area contributed by atoms with E-state index in [9.17, 15) is 0 Å². The number of allylic oxidation sites excluding steroid dienone is 1. The van der Waals surface area contributed by atoms with Crippen molar-refractivity contribution in [1.82, 2.24) is 4.98 Å². The monoisotopic (exact) mass is 363 g/mol. The van der Waals surface area contributed by atoms with E-state index in [4.69, 9.17) is 14.2 Å². The number of rotatable bonds is 8. The van der Waals surface area contributed by atoms with E-state index in [0.29, 0.717) is 13.2 Å². The average molecular weight is 363 g/mol. The molecule has 0 amide bonds. The zero-order valence-corrected chi connectivity index (χ0v) is 16.1. The van der Waals surface area contributed by atoms with Gasteiger partial charge in [-0.3, -0.25) is 0 Å². The molecule has 0 atom stereocenters. The van der Waals surface area contributed by atoms with Crippen molar-refractivity contribution in [2.75, 3.05) is 20.3 Å². The first-order valence-electron chi connectivity index (χ1n) is 9.14. The minimum atomic E-state index is 0.552. The molecule has 1 aromatic heterocycles. The molecule has 140 valence electrons. The summed E-state index contributed by atoms with van der Waals surface area (Å²) in [6, 6.07) is 16.0. The van der Waals surface area contributed by atoms with Crippen LogP contribution >= 0.6 is 0 Å². The van der Waals surface area contributed by atoms with Crippen LogP contribution in [-0.4, -0.2) is 25.3 Å². The van der Waals surface area contributed by atoms with Crippen LogP contribution in [0.5, 0.6) is 17.2 Å². The first kappa shape index (κ1) is 18.8. The SMILES string of the molecule is C/C=C/c1ccc(OCCCOc2cccc3ccc(C)nc23)c(OC)c1. The van der Waals surface area contributed by atoms with Crippen LogP contribution in [0.1, 0.15) is 24.6 Å². The molecule has 0 fully saturated rings. The Morgan fingerprint density at radius 2 is 1.74 bits per heavy atom. The van der Waals surface area contributed by atoms with E-state index < -0.39 is 0 Å². The third-order valence-corrected chi connectivity index (χ3v) is 4.17. The molecule has 3 rings (SSSR count). The second-order valence-corrected chi connectivity index (χ2v) is 6.24. The lowest BCUT2D eigenvalue weighted by Gasteiger charge is -2.12. The summed E-state index contributed by atoms with van der Waals surface area (Å²) in [4.78, 5) is 4.59. The van der Waals surface area contributed by atoms with Crippen molar-refractivity contribution in [1.29, 1.82) is 0 Å². The van der Waals surface area contributed by atoms with Gasteiger partial charge in [0.05, 0.1) is 20.3 Å². The number of pyridine rings is 1. The Balaban J connectivity index is 1.55. The Hall–Kier alpha value is -3.01. The molecule has 0 unspecified atom stereocenters.